The molecule has 0 unspecified atom stereocenters. The van der Waals surface area contributed by atoms with Crippen LogP contribution in [0, 0.1) is 0 Å². The van der Waals surface area contributed by atoms with Crippen molar-refractivity contribution in [3.8, 4) is 11.5 Å². The van der Waals surface area contributed by atoms with E-state index in [4.69, 9.17) is 9.84 Å². The molecule has 0 aliphatic carbocycles. The summed E-state index contributed by atoms with van der Waals surface area (Å²) in [4.78, 5) is 29.9. The Hall–Kier alpha value is -2.30. The van der Waals surface area contributed by atoms with Crippen molar-refractivity contribution in [2.45, 2.75) is 0 Å². The number of phenolic OH excluding ortho intramolecular Hbond substituents is 1. The predicted molar refractivity (Wildman–Crippen MR) is 119 cm³/mol. The molecule has 1 heterocycles. The van der Waals surface area contributed by atoms with Crippen LogP contribution in [0.5, 0.6) is 11.5 Å². The van der Waals surface area contributed by atoms with Crippen molar-refractivity contribution in [1.29, 1.82) is 0 Å². The number of likely N-dealkylation sites (N-methyl/N-ethyl adjacent to an activating group) is 1. The number of ether oxygens (including phenoxy) is 1. The van der Waals surface area contributed by atoms with Crippen LogP contribution in [-0.2, 0) is 4.79 Å². The minimum Gasteiger partial charge on any atom is -0.503 e. The van der Waals surface area contributed by atoms with Crippen LogP contribution in [0.15, 0.2) is 49.2 Å². The summed E-state index contributed by atoms with van der Waals surface area (Å²) in [6.07, 6.45) is 1.68. The number of rotatable bonds is 4. The number of amides is 1. The smallest absolute Gasteiger partial charge is 0.335 e. The van der Waals surface area contributed by atoms with E-state index >= 15 is 0 Å². The number of aromatic carboxylic acids is 1. The number of phenols is 1. The average molecular weight is 542 g/mol. The largest absolute Gasteiger partial charge is 0.503 e. The Morgan fingerprint density at radius 2 is 1.90 bits per heavy atom. The Kier molecular flexibility index (Phi) is 6.35. The van der Waals surface area contributed by atoms with E-state index < -0.39 is 5.97 Å². The van der Waals surface area contributed by atoms with Gasteiger partial charge in [0.1, 0.15) is 0 Å². The molecule has 2 aromatic carbocycles. The number of hydrogen-bond acceptors (Lipinski definition) is 6. The second-order valence-electron chi connectivity index (χ2n) is 5.87. The quantitative estimate of drug-likeness (QED) is 0.536. The first-order chi connectivity index (χ1) is 13.7. The van der Waals surface area contributed by atoms with Crippen LogP contribution >= 0.6 is 43.6 Å². The highest BCUT2D eigenvalue weighted by Crippen LogP contribution is 2.43. The topological polar surface area (TPSA) is 99.4 Å². The van der Waals surface area contributed by atoms with Crippen LogP contribution in [0.4, 0.5) is 5.69 Å². The van der Waals surface area contributed by atoms with Crippen molar-refractivity contribution in [1.82, 2.24) is 4.90 Å². The van der Waals surface area contributed by atoms with Gasteiger partial charge >= 0.3 is 5.97 Å². The van der Waals surface area contributed by atoms with Crippen molar-refractivity contribution < 1.29 is 24.5 Å². The van der Waals surface area contributed by atoms with Gasteiger partial charge in [0.25, 0.3) is 5.91 Å². The Bertz CT molecular complexity index is 1070. The molecule has 2 aromatic rings. The molecule has 1 amide bonds. The fraction of sp³-hybridized carbons (Fsp3) is 0.105. The van der Waals surface area contributed by atoms with Gasteiger partial charge in [-0.05, 0) is 85.6 Å². The van der Waals surface area contributed by atoms with Gasteiger partial charge in [-0.1, -0.05) is 0 Å². The number of methoxy groups -OCH3 is 1. The first kappa shape index (κ1) is 21.4. The molecule has 0 bridgehead atoms. The standard InChI is InChI=1S/C19H14Br2N2O5S/c1-23-17(25)13(8-10-7-12(28-2)16(24)15(21)14(10)20)29-19(23)22-11-5-3-9(4-6-11)18(26)27/h3-8,24H,1-2H3,(H,26,27). The van der Waals surface area contributed by atoms with Gasteiger partial charge in [0.15, 0.2) is 16.7 Å². The number of halogens is 2. The highest BCUT2D eigenvalue weighted by atomic mass is 79.9. The molecule has 0 spiro atoms. The number of aliphatic imine (C=N–C) groups is 1. The van der Waals surface area contributed by atoms with E-state index in [0.29, 0.717) is 30.3 Å². The lowest BCUT2D eigenvalue weighted by molar-refractivity contribution is -0.121. The third-order valence-electron chi connectivity index (χ3n) is 4.02. The van der Waals surface area contributed by atoms with Gasteiger partial charge in [-0.2, -0.15) is 0 Å². The minimum absolute atomic E-state index is 0.0453. The molecular weight excluding hydrogens is 528 g/mol. The van der Waals surface area contributed by atoms with Crippen LogP contribution in [0.3, 0.4) is 0 Å². The lowest BCUT2D eigenvalue weighted by Gasteiger charge is -2.10. The zero-order valence-corrected chi connectivity index (χ0v) is 19.1. The number of carbonyl (C=O) groups is 2. The summed E-state index contributed by atoms with van der Waals surface area (Å²) < 4.78 is 6.16. The maximum Gasteiger partial charge on any atom is 0.335 e. The minimum atomic E-state index is -1.02. The van der Waals surface area contributed by atoms with Gasteiger partial charge in [0, 0.05) is 11.5 Å². The first-order valence-electron chi connectivity index (χ1n) is 8.07. The lowest BCUT2D eigenvalue weighted by atomic mass is 10.2. The van der Waals surface area contributed by atoms with Gasteiger partial charge < -0.3 is 14.9 Å². The third-order valence-corrected chi connectivity index (χ3v) is 7.24. The fourth-order valence-corrected chi connectivity index (χ4v) is 4.27. The summed E-state index contributed by atoms with van der Waals surface area (Å²) in [6, 6.07) is 7.69. The maximum atomic E-state index is 12.6. The molecule has 0 atom stereocenters. The number of carbonyl (C=O) groups excluding carboxylic acids is 1. The van der Waals surface area contributed by atoms with Gasteiger partial charge in [0.2, 0.25) is 0 Å². The summed E-state index contributed by atoms with van der Waals surface area (Å²) in [7, 11) is 3.05. The number of thioether (sulfide) groups is 1. The SMILES string of the molecule is COc1cc(C=C2SC(=Nc3ccc(C(=O)O)cc3)N(C)C2=O)c(Br)c(Br)c1O. The molecule has 1 aliphatic rings. The number of nitrogens with zero attached hydrogens (tertiary/aromatic N) is 2. The van der Waals surface area contributed by atoms with Crippen molar-refractivity contribution in [2.24, 2.45) is 4.99 Å². The van der Waals surface area contributed by atoms with Crippen molar-refractivity contribution in [3.05, 3.63) is 55.3 Å². The molecule has 1 saturated heterocycles. The van der Waals surface area contributed by atoms with Gasteiger partial charge in [-0.3, -0.25) is 9.69 Å². The van der Waals surface area contributed by atoms with Crippen LogP contribution in [0.1, 0.15) is 15.9 Å². The average Bonchev–Trinajstić information content (AvgIpc) is 2.96. The molecule has 3 rings (SSSR count). The number of benzene rings is 2. The Morgan fingerprint density at radius 1 is 1.24 bits per heavy atom. The molecule has 7 nitrogen and oxygen atoms in total. The Labute approximate surface area is 187 Å². The first-order valence-corrected chi connectivity index (χ1v) is 10.5. The zero-order chi connectivity index (χ0) is 21.3. The van der Waals surface area contributed by atoms with E-state index in [-0.39, 0.29) is 23.0 Å². The summed E-state index contributed by atoms with van der Waals surface area (Å²) in [5.41, 5.74) is 1.34. The van der Waals surface area contributed by atoms with Crippen molar-refractivity contribution >= 4 is 72.4 Å². The maximum absolute atomic E-state index is 12.6. The van der Waals surface area contributed by atoms with Crippen LogP contribution < -0.4 is 4.74 Å². The Balaban J connectivity index is 1.95. The third kappa shape index (κ3) is 4.34. The second kappa shape index (κ2) is 8.60. The highest BCUT2D eigenvalue weighted by Gasteiger charge is 2.31. The molecule has 150 valence electrons. The van der Waals surface area contributed by atoms with Crippen LogP contribution in [0.2, 0.25) is 0 Å². The summed E-state index contributed by atoms with van der Waals surface area (Å²) in [5, 5.41) is 19.5. The number of aromatic hydroxyl groups is 1. The summed E-state index contributed by atoms with van der Waals surface area (Å²) in [5.74, 6) is -1.02. The van der Waals surface area contributed by atoms with Crippen molar-refractivity contribution in [2.75, 3.05) is 14.2 Å². The van der Waals surface area contributed by atoms with E-state index in [0.717, 1.165) is 0 Å². The van der Waals surface area contributed by atoms with Gasteiger partial charge in [-0.15, -0.1) is 0 Å². The molecule has 1 fully saturated rings. The van der Waals surface area contributed by atoms with Crippen LogP contribution in [0.25, 0.3) is 6.08 Å². The van der Waals surface area contributed by atoms with Crippen molar-refractivity contribution in [3.63, 3.8) is 0 Å². The zero-order valence-electron chi connectivity index (χ0n) is 15.1. The monoisotopic (exact) mass is 540 g/mol. The van der Waals surface area contributed by atoms with E-state index in [1.807, 2.05) is 0 Å². The van der Waals surface area contributed by atoms with Gasteiger partial charge in [0.05, 0.1) is 27.7 Å². The Morgan fingerprint density at radius 3 is 2.48 bits per heavy atom. The second-order valence-corrected chi connectivity index (χ2v) is 8.46. The van der Waals surface area contributed by atoms with Gasteiger partial charge in [-0.25, -0.2) is 9.79 Å². The number of amidine groups is 1. The fourth-order valence-electron chi connectivity index (χ4n) is 2.45. The van der Waals surface area contributed by atoms with Crippen LogP contribution in [-0.4, -0.2) is 46.3 Å². The number of hydrogen-bond donors (Lipinski definition) is 2. The molecule has 0 aromatic heterocycles. The summed E-state index contributed by atoms with van der Waals surface area (Å²) >= 11 is 7.89. The number of carboxylic acid groups (broad SMARTS) is 1. The molecule has 2 N–H and O–H groups in total. The molecule has 1 aliphatic heterocycles. The predicted octanol–water partition coefficient (Wildman–Crippen LogP) is 4.86. The van der Waals surface area contributed by atoms with E-state index in [2.05, 4.69) is 36.9 Å². The molecular formula is C19H14Br2N2O5S. The van der Waals surface area contributed by atoms with E-state index in [1.165, 1.54) is 35.9 Å². The van der Waals surface area contributed by atoms with E-state index in [1.54, 1.807) is 31.3 Å². The normalized spacial score (nSPS) is 16.7. The molecule has 0 radical (unpaired) electrons. The lowest BCUT2D eigenvalue weighted by Crippen LogP contribution is -2.23. The molecule has 10 heteroatoms. The highest BCUT2D eigenvalue weighted by molar-refractivity contribution is 9.13. The molecule has 0 saturated carbocycles. The van der Waals surface area contributed by atoms with E-state index in [9.17, 15) is 14.7 Å². The summed E-state index contributed by atoms with van der Waals surface area (Å²) in [6.45, 7) is 0. The number of carboxylic acids is 1. The molecule has 29 heavy (non-hydrogen) atoms.